The van der Waals surface area contributed by atoms with Crippen LogP contribution in [0.15, 0.2) is 22.6 Å². The van der Waals surface area contributed by atoms with Crippen molar-refractivity contribution in [3.05, 3.63) is 24.0 Å². The molecule has 0 unspecified atom stereocenters. The Morgan fingerprint density at radius 3 is 2.62 bits per heavy atom. The molecule has 0 saturated carbocycles. The van der Waals surface area contributed by atoms with Crippen molar-refractivity contribution in [1.82, 2.24) is 0 Å². The molecule has 0 radical (unpaired) electrons. The van der Waals surface area contributed by atoms with E-state index in [1.165, 1.54) is 13.0 Å². The van der Waals surface area contributed by atoms with Crippen molar-refractivity contribution in [2.24, 2.45) is 0 Å². The summed E-state index contributed by atoms with van der Waals surface area (Å²) in [5, 5.41) is 0. The van der Waals surface area contributed by atoms with Crippen molar-refractivity contribution in [3.8, 4) is 0 Å². The predicted molar refractivity (Wildman–Crippen MR) is 52.8 cm³/mol. The fourth-order valence-electron chi connectivity index (χ4n) is 0.872. The van der Waals surface area contributed by atoms with Crippen molar-refractivity contribution in [2.75, 3.05) is 19.0 Å². The predicted octanol–water partition coefficient (Wildman–Crippen LogP) is 1.95. The maximum atomic E-state index is 10.6. The Morgan fingerprint density at radius 1 is 1.46 bits per heavy atom. The molecule has 0 aliphatic carbocycles. The third-order valence-electron chi connectivity index (χ3n) is 1.54. The van der Waals surface area contributed by atoms with Gasteiger partial charge in [-0.1, -0.05) is 0 Å². The highest BCUT2D eigenvalue weighted by Gasteiger charge is 1.99. The number of rotatable bonds is 3. The molecule has 70 valence electrons. The largest absolute Gasteiger partial charge is 0.441 e. The molecule has 0 amide bonds. The maximum Gasteiger partial charge on any atom is 0.195 e. The van der Waals surface area contributed by atoms with Crippen LogP contribution in [0.25, 0.3) is 6.08 Å². The topological polar surface area (TPSA) is 33.5 Å². The van der Waals surface area contributed by atoms with Gasteiger partial charge in [0.1, 0.15) is 5.76 Å². The number of ketones is 1. The van der Waals surface area contributed by atoms with E-state index in [0.29, 0.717) is 5.76 Å². The summed E-state index contributed by atoms with van der Waals surface area (Å²) < 4.78 is 5.38. The van der Waals surface area contributed by atoms with Crippen LogP contribution >= 0.6 is 0 Å². The molecule has 1 rings (SSSR count). The van der Waals surface area contributed by atoms with E-state index in [1.54, 1.807) is 6.08 Å². The Balaban J connectivity index is 2.75. The zero-order valence-electron chi connectivity index (χ0n) is 8.07. The summed E-state index contributed by atoms with van der Waals surface area (Å²) in [6.07, 6.45) is 3.15. The van der Waals surface area contributed by atoms with Gasteiger partial charge in [0.2, 0.25) is 0 Å². The minimum atomic E-state index is 0.0165. The smallest absolute Gasteiger partial charge is 0.195 e. The Morgan fingerprint density at radius 2 is 2.15 bits per heavy atom. The summed E-state index contributed by atoms with van der Waals surface area (Å²) in [6.45, 7) is 1.51. The van der Waals surface area contributed by atoms with E-state index in [-0.39, 0.29) is 5.78 Å². The van der Waals surface area contributed by atoms with Gasteiger partial charge in [-0.05, 0) is 25.1 Å². The molecule has 3 heteroatoms. The van der Waals surface area contributed by atoms with Gasteiger partial charge in [0, 0.05) is 20.2 Å². The molecule has 1 aromatic heterocycles. The first kappa shape index (κ1) is 9.58. The zero-order valence-corrected chi connectivity index (χ0v) is 8.07. The van der Waals surface area contributed by atoms with E-state index in [0.717, 1.165) is 5.88 Å². The second-order valence-corrected chi connectivity index (χ2v) is 3.01. The van der Waals surface area contributed by atoms with E-state index in [9.17, 15) is 4.79 Å². The van der Waals surface area contributed by atoms with Gasteiger partial charge in [0.25, 0.3) is 0 Å². The molecule has 3 nitrogen and oxygen atoms in total. The summed E-state index contributed by atoms with van der Waals surface area (Å²) in [5.74, 6) is 1.49. The lowest BCUT2D eigenvalue weighted by atomic mass is 10.3. The van der Waals surface area contributed by atoms with Crippen molar-refractivity contribution < 1.29 is 9.21 Å². The molecule has 13 heavy (non-hydrogen) atoms. The van der Waals surface area contributed by atoms with Crippen LogP contribution in [0.1, 0.15) is 12.7 Å². The molecule has 0 aromatic carbocycles. The lowest BCUT2D eigenvalue weighted by Gasteiger charge is -2.05. The summed E-state index contributed by atoms with van der Waals surface area (Å²) in [6, 6.07) is 3.69. The molecule has 0 fully saturated rings. The zero-order chi connectivity index (χ0) is 9.84. The number of carbonyl (C=O) groups excluding carboxylic acids is 1. The second-order valence-electron chi connectivity index (χ2n) is 3.01. The summed E-state index contributed by atoms with van der Waals surface area (Å²) in [7, 11) is 3.80. The van der Waals surface area contributed by atoms with Gasteiger partial charge in [0.15, 0.2) is 11.7 Å². The number of hydrogen-bond donors (Lipinski definition) is 0. The molecule has 0 aliphatic rings. The Hall–Kier alpha value is -1.51. The summed E-state index contributed by atoms with van der Waals surface area (Å²) in [5.41, 5.74) is 0. The molecule has 1 heterocycles. The SMILES string of the molecule is CC(=O)/C=C/c1ccc(N(C)C)o1. The molecular formula is C10H13NO2. The fraction of sp³-hybridized carbons (Fsp3) is 0.300. The van der Waals surface area contributed by atoms with Crippen LogP contribution in [0.5, 0.6) is 0 Å². The van der Waals surface area contributed by atoms with Gasteiger partial charge in [-0.3, -0.25) is 4.79 Å². The van der Waals surface area contributed by atoms with Crippen molar-refractivity contribution in [3.63, 3.8) is 0 Å². The fourth-order valence-corrected chi connectivity index (χ4v) is 0.872. The first-order chi connectivity index (χ1) is 6.09. The number of hydrogen-bond acceptors (Lipinski definition) is 3. The first-order valence-electron chi connectivity index (χ1n) is 4.05. The Bertz CT molecular complexity index is 323. The van der Waals surface area contributed by atoms with Crippen LogP contribution in [0.4, 0.5) is 5.88 Å². The van der Waals surface area contributed by atoms with Gasteiger partial charge in [0.05, 0.1) is 0 Å². The van der Waals surface area contributed by atoms with Crippen LogP contribution in [0, 0.1) is 0 Å². The molecule has 0 atom stereocenters. The van der Waals surface area contributed by atoms with Crippen LogP contribution in [-0.4, -0.2) is 19.9 Å². The highest BCUT2D eigenvalue weighted by Crippen LogP contribution is 2.16. The average molecular weight is 179 g/mol. The number of allylic oxidation sites excluding steroid dienone is 1. The summed E-state index contributed by atoms with van der Waals surface area (Å²) in [4.78, 5) is 12.5. The highest BCUT2D eigenvalue weighted by molar-refractivity contribution is 5.91. The minimum absolute atomic E-state index is 0.0165. The standard InChI is InChI=1S/C10H13NO2/c1-8(12)4-5-9-6-7-10(13-9)11(2)3/h4-7H,1-3H3/b5-4+. The lowest BCUT2D eigenvalue weighted by molar-refractivity contribution is -0.112. The van der Waals surface area contributed by atoms with Gasteiger partial charge < -0.3 is 9.32 Å². The highest BCUT2D eigenvalue weighted by atomic mass is 16.4. The van der Waals surface area contributed by atoms with Gasteiger partial charge in [-0.25, -0.2) is 0 Å². The molecule has 1 aromatic rings. The van der Waals surface area contributed by atoms with Crippen LogP contribution in [0.3, 0.4) is 0 Å². The number of anilines is 1. The maximum absolute atomic E-state index is 10.6. The Labute approximate surface area is 77.6 Å². The molecule has 0 bridgehead atoms. The first-order valence-corrected chi connectivity index (χ1v) is 4.05. The Kier molecular flexibility index (Phi) is 2.90. The second kappa shape index (κ2) is 3.94. The van der Waals surface area contributed by atoms with Gasteiger partial charge >= 0.3 is 0 Å². The normalized spacial score (nSPS) is 10.7. The van der Waals surface area contributed by atoms with Crippen LogP contribution in [-0.2, 0) is 4.79 Å². The molecule has 0 aliphatic heterocycles. The average Bonchev–Trinajstić information content (AvgIpc) is 2.48. The van der Waals surface area contributed by atoms with Crippen LogP contribution in [0.2, 0.25) is 0 Å². The number of furan rings is 1. The van der Waals surface area contributed by atoms with E-state index < -0.39 is 0 Å². The van der Waals surface area contributed by atoms with Crippen LogP contribution < -0.4 is 4.90 Å². The quantitative estimate of drug-likeness (QED) is 0.665. The number of nitrogens with zero attached hydrogens (tertiary/aromatic N) is 1. The monoisotopic (exact) mass is 179 g/mol. The molecule has 0 saturated heterocycles. The molecule has 0 spiro atoms. The molecular weight excluding hydrogens is 166 g/mol. The van der Waals surface area contributed by atoms with Gasteiger partial charge in [-0.2, -0.15) is 0 Å². The number of carbonyl (C=O) groups is 1. The van der Waals surface area contributed by atoms with E-state index >= 15 is 0 Å². The third kappa shape index (κ3) is 2.78. The summed E-state index contributed by atoms with van der Waals surface area (Å²) >= 11 is 0. The minimum Gasteiger partial charge on any atom is -0.441 e. The van der Waals surface area contributed by atoms with Crippen molar-refractivity contribution in [2.45, 2.75) is 6.92 Å². The van der Waals surface area contributed by atoms with Crippen molar-refractivity contribution in [1.29, 1.82) is 0 Å². The third-order valence-corrected chi connectivity index (χ3v) is 1.54. The molecule has 0 N–H and O–H groups in total. The van der Waals surface area contributed by atoms with E-state index in [2.05, 4.69) is 0 Å². The van der Waals surface area contributed by atoms with Crippen molar-refractivity contribution >= 4 is 17.7 Å². The van der Waals surface area contributed by atoms with Gasteiger partial charge in [-0.15, -0.1) is 0 Å². The lowest BCUT2D eigenvalue weighted by Crippen LogP contribution is -2.06. The van der Waals surface area contributed by atoms with E-state index in [1.807, 2.05) is 31.1 Å². The van der Waals surface area contributed by atoms with E-state index in [4.69, 9.17) is 4.42 Å².